The molecule has 0 bridgehead atoms. The molecule has 2 fully saturated rings. The third kappa shape index (κ3) is 1.69. The van der Waals surface area contributed by atoms with Crippen LogP contribution in [-0.4, -0.2) is 50.1 Å². The number of carbonyl (C=O) groups is 2. The monoisotopic (exact) mass is 279 g/mol. The maximum absolute atomic E-state index is 12.0. The number of β-lactam (4-membered cyclic amide) rings is 1. The van der Waals surface area contributed by atoms with Gasteiger partial charge in [0.25, 0.3) is 0 Å². The van der Waals surface area contributed by atoms with Crippen LogP contribution in [0.1, 0.15) is 19.8 Å². The summed E-state index contributed by atoms with van der Waals surface area (Å²) in [7, 11) is -0.124. The van der Waals surface area contributed by atoms with Crippen molar-refractivity contribution in [2.45, 2.75) is 36.1 Å². The van der Waals surface area contributed by atoms with Crippen molar-refractivity contribution in [3.05, 3.63) is 0 Å². The lowest BCUT2D eigenvalue weighted by molar-refractivity contribution is -0.158. The molecule has 4 unspecified atom stereocenters. The van der Waals surface area contributed by atoms with Crippen molar-refractivity contribution >= 4 is 34.3 Å². The summed E-state index contributed by atoms with van der Waals surface area (Å²) >= 11 is 6.36. The lowest BCUT2D eigenvalue weighted by atomic mass is 10.0. The molecule has 2 saturated heterocycles. The topological polar surface area (TPSA) is 63.7 Å². The molecule has 2 aliphatic rings. The van der Waals surface area contributed by atoms with Gasteiger partial charge in [-0.15, -0.1) is 11.6 Å². The van der Waals surface area contributed by atoms with E-state index in [0.717, 1.165) is 0 Å². The Bertz CT molecular complexity index is 402. The Balaban J connectivity index is 2.36. The molecule has 0 radical (unpaired) electrons. The summed E-state index contributed by atoms with van der Waals surface area (Å²) in [5.41, 5.74) is 0. The van der Waals surface area contributed by atoms with Gasteiger partial charge in [-0.25, -0.2) is 4.79 Å². The first-order valence-electron chi connectivity index (χ1n) is 5.42. The zero-order chi connectivity index (χ0) is 12.8. The fourth-order valence-corrected chi connectivity index (χ4v) is 4.54. The van der Waals surface area contributed by atoms with Crippen LogP contribution in [0.5, 0.6) is 0 Å². The number of esters is 1. The maximum Gasteiger partial charge on any atom is 0.331 e. The average Bonchev–Trinajstić information content (AvgIpc) is 2.56. The van der Waals surface area contributed by atoms with E-state index in [-0.39, 0.29) is 11.9 Å². The summed E-state index contributed by atoms with van der Waals surface area (Å²) in [6.45, 7) is 1.74. The van der Waals surface area contributed by atoms with Gasteiger partial charge in [0.1, 0.15) is 0 Å². The molecule has 0 aromatic carbocycles. The largest absolute Gasteiger partial charge is 0.467 e. The van der Waals surface area contributed by atoms with Crippen molar-refractivity contribution in [2.75, 3.05) is 12.9 Å². The third-order valence-corrected chi connectivity index (χ3v) is 5.91. The van der Waals surface area contributed by atoms with E-state index in [1.807, 2.05) is 0 Å². The van der Waals surface area contributed by atoms with E-state index in [1.54, 1.807) is 6.92 Å². The van der Waals surface area contributed by atoms with Crippen molar-refractivity contribution in [2.24, 2.45) is 0 Å². The maximum atomic E-state index is 12.0. The second-order valence-electron chi connectivity index (χ2n) is 4.21. The van der Waals surface area contributed by atoms with Crippen LogP contribution in [0.3, 0.4) is 0 Å². The quantitative estimate of drug-likeness (QED) is 0.422. The zero-order valence-corrected chi connectivity index (χ0v) is 11.2. The number of nitrogens with zero attached hydrogens (tertiary/aromatic N) is 1. The van der Waals surface area contributed by atoms with Crippen molar-refractivity contribution in [3.63, 3.8) is 0 Å². The molecular formula is C10H14ClNO4S. The van der Waals surface area contributed by atoms with Gasteiger partial charge in [0.05, 0.1) is 7.11 Å². The first kappa shape index (κ1) is 12.8. The lowest BCUT2D eigenvalue weighted by Gasteiger charge is -2.38. The molecule has 0 aromatic heterocycles. The molecule has 2 aliphatic heterocycles. The molecule has 0 spiro atoms. The summed E-state index contributed by atoms with van der Waals surface area (Å²) in [6, 6.07) is -0.985. The summed E-state index contributed by atoms with van der Waals surface area (Å²) in [5.74, 6) is -0.357. The van der Waals surface area contributed by atoms with Crippen LogP contribution >= 0.6 is 11.6 Å². The van der Waals surface area contributed by atoms with Gasteiger partial charge in [-0.05, 0) is 0 Å². The van der Waals surface area contributed by atoms with Gasteiger partial charge in [0.2, 0.25) is 5.91 Å². The van der Waals surface area contributed by atoms with Crippen molar-refractivity contribution in [3.8, 4) is 0 Å². The number of carbonyl (C=O) groups excluding carboxylic acids is 2. The molecule has 1 amide bonds. The first-order chi connectivity index (χ1) is 7.95. The van der Waals surface area contributed by atoms with Crippen LogP contribution in [-0.2, 0) is 25.1 Å². The predicted molar refractivity (Wildman–Crippen MR) is 62.9 cm³/mol. The Kier molecular flexibility index (Phi) is 3.20. The standard InChI is InChI=1S/C10H14ClNO4S/c1-3-17(15)10(11)5-6-4-7(13)12(6)8(10)9(14)16-2/h6,8H,3-5H2,1-2H3. The van der Waals surface area contributed by atoms with Gasteiger partial charge in [-0.3, -0.25) is 9.00 Å². The highest BCUT2D eigenvalue weighted by Crippen LogP contribution is 2.47. The highest BCUT2D eigenvalue weighted by molar-refractivity contribution is 7.88. The molecule has 96 valence electrons. The van der Waals surface area contributed by atoms with E-state index in [9.17, 15) is 13.8 Å². The molecule has 0 aliphatic carbocycles. The van der Waals surface area contributed by atoms with E-state index in [0.29, 0.717) is 18.6 Å². The summed E-state index contributed by atoms with van der Waals surface area (Å²) in [6.07, 6.45) is 0.767. The fraction of sp³-hybridized carbons (Fsp3) is 0.800. The van der Waals surface area contributed by atoms with Crippen LogP contribution in [0.2, 0.25) is 0 Å². The summed E-state index contributed by atoms with van der Waals surface area (Å²) in [4.78, 5) is 24.7. The smallest absolute Gasteiger partial charge is 0.331 e. The molecule has 2 heterocycles. The Morgan fingerprint density at radius 2 is 2.35 bits per heavy atom. The average molecular weight is 280 g/mol. The minimum Gasteiger partial charge on any atom is -0.467 e. The molecule has 17 heavy (non-hydrogen) atoms. The van der Waals surface area contributed by atoms with E-state index in [4.69, 9.17) is 11.6 Å². The number of halogens is 1. The number of fused-ring (bicyclic) bond motifs is 1. The molecular weight excluding hydrogens is 266 g/mol. The van der Waals surface area contributed by atoms with Crippen LogP contribution in [0, 0.1) is 0 Å². The Morgan fingerprint density at radius 3 is 2.82 bits per heavy atom. The number of rotatable bonds is 3. The fourth-order valence-electron chi connectivity index (χ4n) is 2.52. The number of methoxy groups -OCH3 is 1. The summed E-state index contributed by atoms with van der Waals surface area (Å²) in [5, 5.41) is 0. The zero-order valence-electron chi connectivity index (χ0n) is 9.64. The molecule has 0 aromatic rings. The minimum atomic E-state index is -1.37. The number of amides is 1. The van der Waals surface area contributed by atoms with Crippen molar-refractivity contribution in [1.29, 1.82) is 0 Å². The second-order valence-corrected chi connectivity index (χ2v) is 7.10. The molecule has 4 atom stereocenters. The normalized spacial score (nSPS) is 37.4. The number of hydrogen-bond acceptors (Lipinski definition) is 4. The number of alkyl halides is 1. The van der Waals surface area contributed by atoms with Crippen LogP contribution in [0.4, 0.5) is 0 Å². The molecule has 2 rings (SSSR count). The molecule has 0 N–H and O–H groups in total. The van der Waals surface area contributed by atoms with Crippen molar-refractivity contribution in [1.82, 2.24) is 4.90 Å². The highest BCUT2D eigenvalue weighted by Gasteiger charge is 2.64. The van der Waals surface area contributed by atoms with Crippen LogP contribution in [0.25, 0.3) is 0 Å². The predicted octanol–water partition coefficient (Wildman–Crippen LogP) is 0.236. The van der Waals surface area contributed by atoms with E-state index in [2.05, 4.69) is 4.74 Å². The summed E-state index contributed by atoms with van der Waals surface area (Å²) < 4.78 is 15.5. The highest BCUT2D eigenvalue weighted by atomic mass is 35.5. The van der Waals surface area contributed by atoms with Gasteiger partial charge in [-0.1, -0.05) is 6.92 Å². The number of ether oxygens (including phenoxy) is 1. The van der Waals surface area contributed by atoms with Gasteiger partial charge in [0, 0.05) is 35.4 Å². The third-order valence-electron chi connectivity index (χ3n) is 3.36. The Labute approximate surface area is 107 Å². The molecule has 0 saturated carbocycles. The lowest BCUT2D eigenvalue weighted by Crippen LogP contribution is -2.58. The van der Waals surface area contributed by atoms with Gasteiger partial charge >= 0.3 is 5.97 Å². The van der Waals surface area contributed by atoms with Crippen molar-refractivity contribution < 1.29 is 18.5 Å². The van der Waals surface area contributed by atoms with E-state index in [1.165, 1.54) is 12.0 Å². The van der Waals surface area contributed by atoms with Crippen LogP contribution in [0.15, 0.2) is 0 Å². The number of hydrogen-bond donors (Lipinski definition) is 0. The molecule has 7 heteroatoms. The minimum absolute atomic E-state index is 0.0698. The second kappa shape index (κ2) is 4.24. The van der Waals surface area contributed by atoms with Gasteiger partial charge in [0.15, 0.2) is 10.2 Å². The first-order valence-corrected chi connectivity index (χ1v) is 7.11. The van der Waals surface area contributed by atoms with Crippen LogP contribution < -0.4 is 0 Å². The Morgan fingerprint density at radius 1 is 1.71 bits per heavy atom. The van der Waals surface area contributed by atoms with E-state index >= 15 is 0 Å². The van der Waals surface area contributed by atoms with E-state index < -0.39 is 27.0 Å². The van der Waals surface area contributed by atoms with Gasteiger partial charge in [-0.2, -0.15) is 0 Å². The Hall–Kier alpha value is -0.620. The SMILES string of the molecule is CCS(=O)C1(Cl)CC2CC(=O)N2C1C(=O)OC. The van der Waals surface area contributed by atoms with Gasteiger partial charge < -0.3 is 9.64 Å². The molecule has 5 nitrogen and oxygen atoms in total.